The second-order valence-electron chi connectivity index (χ2n) is 7.40. The van der Waals surface area contributed by atoms with Crippen LogP contribution in [0.2, 0.25) is 0 Å². The molecule has 0 unspecified atom stereocenters. The van der Waals surface area contributed by atoms with Gasteiger partial charge in [-0.25, -0.2) is 5.43 Å². The minimum atomic E-state index is -0.440. The Hall–Kier alpha value is -4.28. The third-order valence-corrected chi connectivity index (χ3v) is 5.09. The number of nitrogens with zero attached hydrogens (tertiary/aromatic N) is 6. The number of nitro benzene ring substituents is 1. The van der Waals surface area contributed by atoms with E-state index in [2.05, 4.69) is 35.7 Å². The van der Waals surface area contributed by atoms with Crippen LogP contribution < -0.4 is 20.4 Å². The van der Waals surface area contributed by atoms with Crippen LogP contribution in [0.4, 0.5) is 29.2 Å². The number of piperidine rings is 1. The topological polar surface area (TPSA) is 131 Å². The molecule has 0 bridgehead atoms. The van der Waals surface area contributed by atoms with Crippen molar-refractivity contribution in [3.63, 3.8) is 0 Å². The predicted molar refractivity (Wildman–Crippen MR) is 126 cm³/mol. The summed E-state index contributed by atoms with van der Waals surface area (Å²) in [6, 6.07) is 13.5. The lowest BCUT2D eigenvalue weighted by atomic mass is 10.1. The molecule has 0 atom stereocenters. The Morgan fingerprint density at radius 3 is 2.36 bits per heavy atom. The van der Waals surface area contributed by atoms with Gasteiger partial charge in [0.1, 0.15) is 5.75 Å². The van der Waals surface area contributed by atoms with Crippen molar-refractivity contribution in [1.82, 2.24) is 15.0 Å². The van der Waals surface area contributed by atoms with E-state index in [1.165, 1.54) is 18.6 Å². The van der Waals surface area contributed by atoms with Gasteiger partial charge in [-0.2, -0.15) is 20.1 Å². The molecule has 1 saturated heterocycles. The first kappa shape index (κ1) is 21.9. The first-order valence-corrected chi connectivity index (χ1v) is 10.6. The van der Waals surface area contributed by atoms with Gasteiger partial charge in [-0.1, -0.05) is 0 Å². The van der Waals surface area contributed by atoms with Gasteiger partial charge in [0.25, 0.3) is 5.69 Å². The second kappa shape index (κ2) is 10.4. The summed E-state index contributed by atoms with van der Waals surface area (Å²) in [5, 5.41) is 18.2. The maximum Gasteiger partial charge on any atom is 0.269 e. The summed E-state index contributed by atoms with van der Waals surface area (Å²) in [5.74, 6) is 1.93. The third kappa shape index (κ3) is 5.91. The summed E-state index contributed by atoms with van der Waals surface area (Å²) in [7, 11) is 1.62. The number of non-ortho nitro benzene ring substituents is 1. The summed E-state index contributed by atoms with van der Waals surface area (Å²) in [5.41, 5.74) is 4.40. The number of hydrazone groups is 1. The van der Waals surface area contributed by atoms with Gasteiger partial charge >= 0.3 is 0 Å². The molecule has 1 fully saturated rings. The van der Waals surface area contributed by atoms with Crippen molar-refractivity contribution in [2.45, 2.75) is 19.3 Å². The molecular weight excluding hydrogens is 424 g/mol. The minimum Gasteiger partial charge on any atom is -0.497 e. The van der Waals surface area contributed by atoms with Gasteiger partial charge in [-0.3, -0.25) is 10.1 Å². The highest BCUT2D eigenvalue weighted by atomic mass is 16.6. The van der Waals surface area contributed by atoms with E-state index in [1.807, 2.05) is 24.3 Å². The van der Waals surface area contributed by atoms with E-state index in [0.717, 1.165) is 37.2 Å². The standard InChI is InChI=1S/C22H24N8O3/c1-33-19-11-5-16(6-12-19)15-23-28-21-25-20(24-17-7-9-18(10-8-17)30(31)32)26-22(27-21)29-13-3-2-4-14-29/h5-12,15H,2-4,13-14H2,1H3,(H2,24,25,26,27,28)/b23-15-. The minimum absolute atomic E-state index is 0.0143. The molecule has 2 heterocycles. The van der Waals surface area contributed by atoms with Crippen LogP contribution in [0.1, 0.15) is 24.8 Å². The van der Waals surface area contributed by atoms with Gasteiger partial charge in [0.05, 0.1) is 18.2 Å². The zero-order valence-electron chi connectivity index (χ0n) is 18.1. The summed E-state index contributed by atoms with van der Waals surface area (Å²) in [4.78, 5) is 26.0. The number of benzene rings is 2. The van der Waals surface area contributed by atoms with E-state index in [9.17, 15) is 10.1 Å². The fourth-order valence-electron chi connectivity index (χ4n) is 3.36. The number of rotatable bonds is 8. The molecule has 1 aromatic heterocycles. The van der Waals surface area contributed by atoms with Crippen LogP contribution in [0.15, 0.2) is 53.6 Å². The first-order chi connectivity index (χ1) is 16.1. The molecule has 0 amide bonds. The van der Waals surface area contributed by atoms with Gasteiger partial charge in [-0.05, 0) is 61.2 Å². The molecule has 1 aliphatic rings. The molecule has 0 radical (unpaired) electrons. The Balaban J connectivity index is 1.54. The van der Waals surface area contributed by atoms with Crippen molar-refractivity contribution < 1.29 is 9.66 Å². The molecular formula is C22H24N8O3. The number of hydrogen-bond donors (Lipinski definition) is 2. The summed E-state index contributed by atoms with van der Waals surface area (Å²) < 4.78 is 5.16. The van der Waals surface area contributed by atoms with Crippen LogP contribution >= 0.6 is 0 Å². The lowest BCUT2D eigenvalue weighted by molar-refractivity contribution is -0.384. The van der Waals surface area contributed by atoms with Crippen molar-refractivity contribution in [2.24, 2.45) is 5.10 Å². The number of ether oxygens (including phenoxy) is 1. The highest BCUT2D eigenvalue weighted by Crippen LogP contribution is 2.22. The molecule has 11 nitrogen and oxygen atoms in total. The van der Waals surface area contributed by atoms with Gasteiger partial charge in [0, 0.05) is 30.9 Å². The molecule has 0 aliphatic carbocycles. The van der Waals surface area contributed by atoms with Gasteiger partial charge in [-0.15, -0.1) is 0 Å². The van der Waals surface area contributed by atoms with Crippen LogP contribution in [0, 0.1) is 10.1 Å². The molecule has 2 aromatic carbocycles. The number of methoxy groups -OCH3 is 1. The highest BCUT2D eigenvalue weighted by Gasteiger charge is 2.16. The highest BCUT2D eigenvalue weighted by molar-refractivity contribution is 5.80. The molecule has 3 aromatic rings. The molecule has 2 N–H and O–H groups in total. The van der Waals surface area contributed by atoms with Crippen molar-refractivity contribution in [3.05, 3.63) is 64.2 Å². The first-order valence-electron chi connectivity index (χ1n) is 10.6. The summed E-state index contributed by atoms with van der Waals surface area (Å²) in [6.07, 6.45) is 5.00. The lowest BCUT2D eigenvalue weighted by Gasteiger charge is -2.26. The van der Waals surface area contributed by atoms with E-state index >= 15 is 0 Å². The van der Waals surface area contributed by atoms with Crippen LogP contribution in [0.3, 0.4) is 0 Å². The average Bonchev–Trinajstić information content (AvgIpc) is 2.85. The summed E-state index contributed by atoms with van der Waals surface area (Å²) in [6.45, 7) is 1.74. The van der Waals surface area contributed by atoms with Crippen LogP contribution in [0.25, 0.3) is 0 Å². The fourth-order valence-corrected chi connectivity index (χ4v) is 3.36. The number of hydrogen-bond acceptors (Lipinski definition) is 10. The van der Waals surface area contributed by atoms with Gasteiger partial charge in [0.2, 0.25) is 17.8 Å². The van der Waals surface area contributed by atoms with Gasteiger partial charge < -0.3 is 15.0 Å². The Labute approximate surface area is 190 Å². The Kier molecular flexibility index (Phi) is 6.88. The smallest absolute Gasteiger partial charge is 0.269 e. The quantitative estimate of drug-likeness (QED) is 0.298. The Morgan fingerprint density at radius 2 is 1.70 bits per heavy atom. The monoisotopic (exact) mass is 448 g/mol. The second-order valence-corrected chi connectivity index (χ2v) is 7.40. The zero-order valence-corrected chi connectivity index (χ0v) is 18.1. The Morgan fingerprint density at radius 1 is 1.00 bits per heavy atom. The van der Waals surface area contributed by atoms with E-state index in [-0.39, 0.29) is 5.69 Å². The molecule has 11 heteroatoms. The largest absolute Gasteiger partial charge is 0.497 e. The van der Waals surface area contributed by atoms with Crippen LogP contribution in [-0.4, -0.2) is 46.3 Å². The van der Waals surface area contributed by atoms with E-state index in [0.29, 0.717) is 23.5 Å². The van der Waals surface area contributed by atoms with E-state index in [4.69, 9.17) is 4.74 Å². The number of nitrogens with one attached hydrogen (secondary N) is 2. The molecule has 1 aliphatic heterocycles. The maximum atomic E-state index is 10.9. The molecule has 4 rings (SSSR count). The average molecular weight is 448 g/mol. The Bertz CT molecular complexity index is 1110. The molecule has 0 spiro atoms. The van der Waals surface area contributed by atoms with Crippen molar-refractivity contribution >= 4 is 35.4 Å². The van der Waals surface area contributed by atoms with E-state index < -0.39 is 4.92 Å². The van der Waals surface area contributed by atoms with Crippen LogP contribution in [-0.2, 0) is 0 Å². The van der Waals surface area contributed by atoms with Crippen LogP contribution in [0.5, 0.6) is 5.75 Å². The SMILES string of the molecule is COc1ccc(/C=N\Nc2nc(Nc3ccc([N+](=O)[O-])cc3)nc(N3CCCCC3)n2)cc1. The molecule has 0 saturated carbocycles. The van der Waals surface area contributed by atoms with Gasteiger partial charge in [0.15, 0.2) is 0 Å². The van der Waals surface area contributed by atoms with Crippen molar-refractivity contribution in [2.75, 3.05) is 35.8 Å². The normalized spacial score (nSPS) is 13.7. The zero-order chi connectivity index (χ0) is 23.0. The van der Waals surface area contributed by atoms with Crippen molar-refractivity contribution in [3.8, 4) is 5.75 Å². The van der Waals surface area contributed by atoms with Crippen molar-refractivity contribution in [1.29, 1.82) is 0 Å². The summed E-state index contributed by atoms with van der Waals surface area (Å²) >= 11 is 0. The predicted octanol–water partition coefficient (Wildman–Crippen LogP) is 3.97. The fraction of sp³-hybridized carbons (Fsp3) is 0.273. The third-order valence-electron chi connectivity index (χ3n) is 5.09. The number of anilines is 4. The molecule has 33 heavy (non-hydrogen) atoms. The number of aromatic nitrogens is 3. The molecule has 170 valence electrons. The van der Waals surface area contributed by atoms with E-state index in [1.54, 1.807) is 25.5 Å². The number of nitro groups is 1. The maximum absolute atomic E-state index is 10.9. The lowest BCUT2D eigenvalue weighted by Crippen LogP contribution is -2.31.